The van der Waals surface area contributed by atoms with Gasteiger partial charge in [-0.1, -0.05) is 6.07 Å². The van der Waals surface area contributed by atoms with Gasteiger partial charge in [0.2, 0.25) is 5.88 Å². The Balaban J connectivity index is 2.24. The van der Waals surface area contributed by atoms with Gasteiger partial charge in [-0.2, -0.15) is 4.31 Å². The van der Waals surface area contributed by atoms with E-state index in [4.69, 9.17) is 4.74 Å². The molecule has 1 N–H and O–H groups in total. The minimum Gasteiger partial charge on any atom is -0.481 e. The maximum atomic E-state index is 12.2. The number of ether oxygens (including phenoxy) is 1. The number of H-pyrrole nitrogens is 1. The molecule has 2 aromatic heterocycles. The fraction of sp³-hybridized carbons (Fsp3) is 0.273. The zero-order valence-corrected chi connectivity index (χ0v) is 11.4. The lowest BCUT2D eigenvalue weighted by Gasteiger charge is -2.16. The van der Waals surface area contributed by atoms with Crippen LogP contribution in [0.5, 0.6) is 5.88 Å². The summed E-state index contributed by atoms with van der Waals surface area (Å²) in [6.45, 7) is 0.165. The number of nitrogens with one attached hydrogen (secondary N) is 1. The highest BCUT2D eigenvalue weighted by Crippen LogP contribution is 2.19. The van der Waals surface area contributed by atoms with Crippen LogP contribution in [0.4, 0.5) is 0 Å². The Kier molecular flexibility index (Phi) is 3.82. The van der Waals surface area contributed by atoms with Gasteiger partial charge in [0.15, 0.2) is 5.03 Å². The van der Waals surface area contributed by atoms with E-state index in [-0.39, 0.29) is 11.6 Å². The summed E-state index contributed by atoms with van der Waals surface area (Å²) in [4.78, 5) is 10.3. The van der Waals surface area contributed by atoms with Gasteiger partial charge < -0.3 is 9.72 Å². The Bertz CT molecular complexity index is 640. The average molecular weight is 282 g/mol. The van der Waals surface area contributed by atoms with Crippen LogP contribution in [-0.4, -0.2) is 41.8 Å². The highest BCUT2D eigenvalue weighted by atomic mass is 32.2. The van der Waals surface area contributed by atoms with Gasteiger partial charge in [0.25, 0.3) is 10.0 Å². The number of imidazole rings is 1. The number of sulfonamides is 1. The fourth-order valence-electron chi connectivity index (χ4n) is 1.61. The minimum absolute atomic E-state index is 0.0536. The SMILES string of the molecule is COc1ncccc1CN(C)S(=O)(=O)c1cnc[nH]1. The third-order valence-electron chi connectivity index (χ3n) is 2.60. The quantitative estimate of drug-likeness (QED) is 0.869. The molecule has 0 aliphatic heterocycles. The van der Waals surface area contributed by atoms with Crippen LogP contribution in [0.15, 0.2) is 35.9 Å². The van der Waals surface area contributed by atoms with Gasteiger partial charge in [0.1, 0.15) is 0 Å². The minimum atomic E-state index is -3.59. The predicted octanol–water partition coefficient (Wildman–Crippen LogP) is 0.634. The van der Waals surface area contributed by atoms with Crippen molar-refractivity contribution in [1.82, 2.24) is 19.3 Å². The zero-order valence-electron chi connectivity index (χ0n) is 10.6. The molecule has 8 heteroatoms. The first-order chi connectivity index (χ1) is 9.05. The molecule has 0 saturated carbocycles. The van der Waals surface area contributed by atoms with Gasteiger partial charge in [-0.3, -0.25) is 0 Å². The van der Waals surface area contributed by atoms with E-state index in [0.29, 0.717) is 11.4 Å². The molecule has 0 fully saturated rings. The number of nitrogens with zero attached hydrogens (tertiary/aromatic N) is 3. The van der Waals surface area contributed by atoms with Crippen LogP contribution in [0.3, 0.4) is 0 Å². The van der Waals surface area contributed by atoms with Gasteiger partial charge in [-0.15, -0.1) is 0 Å². The number of hydrogen-bond acceptors (Lipinski definition) is 5. The van der Waals surface area contributed by atoms with Crippen molar-refractivity contribution in [2.75, 3.05) is 14.2 Å². The predicted molar refractivity (Wildman–Crippen MR) is 68.0 cm³/mol. The van der Waals surface area contributed by atoms with Gasteiger partial charge in [-0.05, 0) is 6.07 Å². The highest BCUT2D eigenvalue weighted by Gasteiger charge is 2.23. The molecule has 7 nitrogen and oxygen atoms in total. The van der Waals surface area contributed by atoms with Crippen LogP contribution in [0.25, 0.3) is 0 Å². The lowest BCUT2D eigenvalue weighted by atomic mass is 10.3. The molecule has 0 aliphatic carbocycles. The normalized spacial score (nSPS) is 11.7. The van der Waals surface area contributed by atoms with E-state index in [0.717, 1.165) is 0 Å². The Morgan fingerprint density at radius 1 is 1.47 bits per heavy atom. The first-order valence-corrected chi connectivity index (χ1v) is 6.92. The van der Waals surface area contributed by atoms with E-state index in [2.05, 4.69) is 15.0 Å². The fourth-order valence-corrected chi connectivity index (χ4v) is 2.65. The first-order valence-electron chi connectivity index (χ1n) is 5.48. The zero-order chi connectivity index (χ0) is 13.9. The average Bonchev–Trinajstić information content (AvgIpc) is 2.93. The second-order valence-electron chi connectivity index (χ2n) is 3.85. The smallest absolute Gasteiger partial charge is 0.260 e. The summed E-state index contributed by atoms with van der Waals surface area (Å²) in [5.74, 6) is 0.411. The topological polar surface area (TPSA) is 88.2 Å². The maximum Gasteiger partial charge on any atom is 0.260 e. The number of hydrogen-bond donors (Lipinski definition) is 1. The Labute approximate surface area is 111 Å². The standard InChI is InChI=1S/C11H14N4O3S/c1-15(19(16,17)10-6-12-8-14-10)7-9-4-3-5-13-11(9)18-2/h3-6,8H,7H2,1-2H3,(H,12,14). The second-order valence-corrected chi connectivity index (χ2v) is 5.86. The lowest BCUT2D eigenvalue weighted by molar-refractivity contribution is 0.382. The largest absolute Gasteiger partial charge is 0.481 e. The van der Waals surface area contributed by atoms with Gasteiger partial charge in [0.05, 0.1) is 19.6 Å². The molecule has 0 saturated heterocycles. The molecule has 0 atom stereocenters. The van der Waals surface area contributed by atoms with Crippen molar-refractivity contribution < 1.29 is 13.2 Å². The molecule has 19 heavy (non-hydrogen) atoms. The summed E-state index contributed by atoms with van der Waals surface area (Å²) in [6.07, 6.45) is 4.18. The molecule has 0 bridgehead atoms. The molecular formula is C11H14N4O3S. The molecule has 0 aromatic carbocycles. The summed E-state index contributed by atoms with van der Waals surface area (Å²) < 4.78 is 30.7. The molecule has 0 radical (unpaired) electrons. The number of aromatic amines is 1. The van der Waals surface area contributed by atoms with Crippen LogP contribution >= 0.6 is 0 Å². The molecule has 0 unspecified atom stereocenters. The van der Waals surface area contributed by atoms with E-state index < -0.39 is 10.0 Å². The van der Waals surface area contributed by atoms with E-state index in [1.54, 1.807) is 18.3 Å². The van der Waals surface area contributed by atoms with E-state index in [1.807, 2.05) is 0 Å². The van der Waals surface area contributed by atoms with Crippen molar-refractivity contribution in [1.29, 1.82) is 0 Å². The van der Waals surface area contributed by atoms with Crippen LogP contribution in [0, 0.1) is 0 Å². The molecule has 2 aromatic rings. The van der Waals surface area contributed by atoms with E-state index in [9.17, 15) is 8.42 Å². The molecule has 2 rings (SSSR count). The molecule has 0 aliphatic rings. The molecule has 0 spiro atoms. The summed E-state index contributed by atoms with van der Waals surface area (Å²) in [5, 5.41) is 0.0536. The van der Waals surface area contributed by atoms with Crippen molar-refractivity contribution in [3.63, 3.8) is 0 Å². The Hall–Kier alpha value is -1.93. The Morgan fingerprint density at radius 2 is 2.26 bits per heavy atom. The third kappa shape index (κ3) is 2.74. The first kappa shape index (κ1) is 13.5. The van der Waals surface area contributed by atoms with E-state index in [1.165, 1.54) is 31.0 Å². The van der Waals surface area contributed by atoms with Crippen LogP contribution in [0.1, 0.15) is 5.56 Å². The number of rotatable bonds is 5. The summed E-state index contributed by atoms with van der Waals surface area (Å²) in [7, 11) is -0.603. The van der Waals surface area contributed by atoms with E-state index >= 15 is 0 Å². The lowest BCUT2D eigenvalue weighted by Crippen LogP contribution is -2.27. The monoisotopic (exact) mass is 282 g/mol. The summed E-state index contributed by atoms with van der Waals surface area (Å²) in [6, 6.07) is 3.50. The molecule has 102 valence electrons. The Morgan fingerprint density at radius 3 is 2.89 bits per heavy atom. The maximum absolute atomic E-state index is 12.2. The molecule has 2 heterocycles. The summed E-state index contributed by atoms with van der Waals surface area (Å²) >= 11 is 0. The van der Waals surface area contributed by atoms with Crippen LogP contribution < -0.4 is 4.74 Å². The number of pyridine rings is 1. The van der Waals surface area contributed by atoms with Crippen molar-refractivity contribution in [3.8, 4) is 5.88 Å². The van der Waals surface area contributed by atoms with Gasteiger partial charge >= 0.3 is 0 Å². The van der Waals surface area contributed by atoms with Crippen molar-refractivity contribution >= 4 is 10.0 Å². The number of methoxy groups -OCH3 is 1. The van der Waals surface area contributed by atoms with Gasteiger partial charge in [-0.25, -0.2) is 18.4 Å². The molecule has 0 amide bonds. The van der Waals surface area contributed by atoms with Crippen LogP contribution in [-0.2, 0) is 16.6 Å². The third-order valence-corrected chi connectivity index (χ3v) is 4.33. The van der Waals surface area contributed by atoms with Crippen molar-refractivity contribution in [2.45, 2.75) is 11.6 Å². The van der Waals surface area contributed by atoms with Crippen molar-refractivity contribution in [2.24, 2.45) is 0 Å². The van der Waals surface area contributed by atoms with Gasteiger partial charge in [0, 0.05) is 25.4 Å². The summed E-state index contributed by atoms with van der Waals surface area (Å²) in [5.41, 5.74) is 0.690. The van der Waals surface area contributed by atoms with Crippen molar-refractivity contribution in [3.05, 3.63) is 36.4 Å². The highest BCUT2D eigenvalue weighted by molar-refractivity contribution is 7.89. The molecular weight excluding hydrogens is 268 g/mol. The number of aromatic nitrogens is 3. The second kappa shape index (κ2) is 5.37. The van der Waals surface area contributed by atoms with Crippen LogP contribution in [0.2, 0.25) is 0 Å².